The molecule has 4 atom stereocenters. The van der Waals surface area contributed by atoms with Gasteiger partial charge >= 0.3 is 6.03 Å². The maximum Gasteiger partial charge on any atom is 0.324 e. The van der Waals surface area contributed by atoms with E-state index in [1.54, 1.807) is 13.8 Å². The molecule has 1 aliphatic heterocycles. The lowest BCUT2D eigenvalue weighted by Gasteiger charge is -2.31. The molecule has 222 valence electrons. The Morgan fingerprint density at radius 3 is 2.42 bits per heavy atom. The van der Waals surface area contributed by atoms with Crippen molar-refractivity contribution in [3.63, 3.8) is 0 Å². The molecule has 40 heavy (non-hydrogen) atoms. The summed E-state index contributed by atoms with van der Waals surface area (Å²) in [4.78, 5) is 42.8. The number of amides is 4. The fraction of sp³-hybridized carbons (Fsp3) is 0.710. The van der Waals surface area contributed by atoms with Crippen molar-refractivity contribution < 1.29 is 24.3 Å². The molecule has 2 unspecified atom stereocenters. The second-order valence-corrected chi connectivity index (χ2v) is 11.9. The normalized spacial score (nSPS) is 23.5. The van der Waals surface area contributed by atoms with Crippen molar-refractivity contribution in [1.82, 2.24) is 20.2 Å². The van der Waals surface area contributed by atoms with Crippen LogP contribution in [-0.4, -0.2) is 89.9 Å². The summed E-state index contributed by atoms with van der Waals surface area (Å²) in [5, 5.41) is 14.5. The van der Waals surface area contributed by atoms with Gasteiger partial charge in [0.05, 0.1) is 19.3 Å². The van der Waals surface area contributed by atoms with Gasteiger partial charge in [-0.15, -0.1) is 0 Å². The van der Waals surface area contributed by atoms with Crippen molar-refractivity contribution in [3.8, 4) is 0 Å². The fourth-order valence-corrected chi connectivity index (χ4v) is 6.80. The van der Waals surface area contributed by atoms with Crippen LogP contribution in [0.25, 0.3) is 0 Å². The van der Waals surface area contributed by atoms with Gasteiger partial charge < -0.3 is 10.1 Å². The number of hydrogen-bond acceptors (Lipinski definition) is 6. The third-order valence-corrected chi connectivity index (χ3v) is 9.20. The van der Waals surface area contributed by atoms with Gasteiger partial charge in [0.1, 0.15) is 0 Å². The van der Waals surface area contributed by atoms with Crippen molar-refractivity contribution in [1.29, 1.82) is 0 Å². The molecule has 2 aliphatic carbocycles. The molecule has 9 nitrogen and oxygen atoms in total. The third-order valence-electron chi connectivity index (χ3n) is 9.20. The van der Waals surface area contributed by atoms with Gasteiger partial charge in [0.2, 0.25) is 11.8 Å². The highest BCUT2D eigenvalue weighted by Crippen LogP contribution is 2.41. The zero-order valence-corrected chi connectivity index (χ0v) is 24.3. The third kappa shape index (κ3) is 8.04. The van der Waals surface area contributed by atoms with Gasteiger partial charge in [-0.3, -0.25) is 24.6 Å². The summed E-state index contributed by atoms with van der Waals surface area (Å²) in [7, 11) is 0. The molecule has 0 spiro atoms. The van der Waals surface area contributed by atoms with Gasteiger partial charge in [-0.1, -0.05) is 62.9 Å². The SMILES string of the molecule is CCN(C(=O)NCC(CN1CCOCC1)c1ccccc1)C(=O)[C@H](C)CC(=O)N(O)[C@H]1CCC(C2CCCC2)C1. The van der Waals surface area contributed by atoms with E-state index < -0.39 is 23.8 Å². The Hall–Kier alpha value is -2.49. The molecule has 0 aromatic heterocycles. The smallest absolute Gasteiger partial charge is 0.324 e. The second kappa shape index (κ2) is 14.9. The lowest BCUT2D eigenvalue weighted by molar-refractivity contribution is -0.177. The summed E-state index contributed by atoms with van der Waals surface area (Å²) in [6.07, 6.45) is 7.67. The molecule has 3 aliphatic rings. The number of nitrogens with one attached hydrogen (secondary N) is 1. The second-order valence-electron chi connectivity index (χ2n) is 11.9. The van der Waals surface area contributed by atoms with Crippen LogP contribution in [0.5, 0.6) is 0 Å². The first-order valence-corrected chi connectivity index (χ1v) is 15.3. The van der Waals surface area contributed by atoms with Crippen molar-refractivity contribution in [2.24, 2.45) is 17.8 Å². The zero-order valence-electron chi connectivity index (χ0n) is 24.3. The first kappa shape index (κ1) is 30.5. The topological polar surface area (TPSA) is 102 Å². The molecule has 1 aromatic rings. The molecule has 1 heterocycles. The molecule has 2 saturated carbocycles. The van der Waals surface area contributed by atoms with Crippen LogP contribution in [0.3, 0.4) is 0 Å². The van der Waals surface area contributed by atoms with E-state index in [0.29, 0.717) is 25.7 Å². The standard InChI is InChI=1S/C31H48N4O5/c1-3-34(31(38)32-21-27(25-9-5-4-6-10-25)22-33-15-17-40-18-16-33)30(37)23(2)19-29(36)35(39)28-14-13-26(20-28)24-11-7-8-12-24/h4-6,9-10,23-24,26-28,39H,3,7-8,11-22H2,1-2H3,(H,32,38)/t23-,26?,27?,28+/m1/s1. The van der Waals surface area contributed by atoms with E-state index in [2.05, 4.69) is 22.3 Å². The minimum atomic E-state index is -0.710. The summed E-state index contributed by atoms with van der Waals surface area (Å²) in [6.45, 7) is 7.92. The van der Waals surface area contributed by atoms with Crippen LogP contribution in [-0.2, 0) is 14.3 Å². The Morgan fingerprint density at radius 2 is 1.75 bits per heavy atom. The van der Waals surface area contributed by atoms with E-state index in [1.165, 1.54) is 30.6 Å². The predicted molar refractivity (Wildman–Crippen MR) is 153 cm³/mol. The average Bonchev–Trinajstić information content (AvgIpc) is 3.69. The molecule has 9 heteroatoms. The van der Waals surface area contributed by atoms with Crippen LogP contribution in [0.4, 0.5) is 4.79 Å². The molecule has 1 aromatic carbocycles. The number of morpholine rings is 1. The molecule has 0 bridgehead atoms. The minimum absolute atomic E-state index is 0.0680. The van der Waals surface area contributed by atoms with E-state index in [0.717, 1.165) is 55.4 Å². The average molecular weight is 557 g/mol. The van der Waals surface area contributed by atoms with Gasteiger partial charge in [0.25, 0.3) is 0 Å². The zero-order chi connectivity index (χ0) is 28.5. The number of carbonyl (C=O) groups excluding carboxylic acids is 3. The largest absolute Gasteiger partial charge is 0.379 e. The van der Waals surface area contributed by atoms with Crippen molar-refractivity contribution in [2.45, 2.75) is 77.2 Å². The number of carbonyl (C=O) groups is 3. The lowest BCUT2D eigenvalue weighted by atomic mass is 9.89. The summed E-state index contributed by atoms with van der Waals surface area (Å²) in [6, 6.07) is 9.47. The number of imide groups is 1. The van der Waals surface area contributed by atoms with Crippen LogP contribution < -0.4 is 5.32 Å². The van der Waals surface area contributed by atoms with Crippen LogP contribution in [0, 0.1) is 17.8 Å². The molecule has 2 N–H and O–H groups in total. The molecular weight excluding hydrogens is 508 g/mol. The summed E-state index contributed by atoms with van der Waals surface area (Å²) in [5.74, 6) is -0.181. The summed E-state index contributed by atoms with van der Waals surface area (Å²) in [5.41, 5.74) is 1.13. The van der Waals surface area contributed by atoms with E-state index in [1.807, 2.05) is 18.2 Å². The minimum Gasteiger partial charge on any atom is -0.379 e. The van der Waals surface area contributed by atoms with E-state index in [4.69, 9.17) is 4.74 Å². The van der Waals surface area contributed by atoms with E-state index in [9.17, 15) is 19.6 Å². The van der Waals surface area contributed by atoms with Gasteiger partial charge in [-0.05, 0) is 43.6 Å². The van der Waals surface area contributed by atoms with Crippen LogP contribution in [0.2, 0.25) is 0 Å². The summed E-state index contributed by atoms with van der Waals surface area (Å²) >= 11 is 0. The van der Waals surface area contributed by atoms with E-state index in [-0.39, 0.29) is 24.9 Å². The van der Waals surface area contributed by atoms with Gasteiger partial charge in [0.15, 0.2) is 0 Å². The maximum atomic E-state index is 13.2. The highest BCUT2D eigenvalue weighted by Gasteiger charge is 2.37. The molecular formula is C31H48N4O5. The number of hydrogen-bond donors (Lipinski definition) is 2. The first-order chi connectivity index (χ1) is 19.4. The van der Waals surface area contributed by atoms with Crippen LogP contribution >= 0.6 is 0 Å². The number of urea groups is 1. The maximum absolute atomic E-state index is 13.2. The van der Waals surface area contributed by atoms with Gasteiger partial charge in [-0.25, -0.2) is 9.86 Å². The van der Waals surface area contributed by atoms with E-state index >= 15 is 0 Å². The number of ether oxygens (including phenoxy) is 1. The number of benzene rings is 1. The Morgan fingerprint density at radius 1 is 1.05 bits per heavy atom. The van der Waals surface area contributed by atoms with Gasteiger partial charge in [-0.2, -0.15) is 0 Å². The van der Waals surface area contributed by atoms with Crippen molar-refractivity contribution in [2.75, 3.05) is 45.9 Å². The highest BCUT2D eigenvalue weighted by molar-refractivity contribution is 5.97. The predicted octanol–water partition coefficient (Wildman–Crippen LogP) is 4.26. The van der Waals surface area contributed by atoms with Crippen molar-refractivity contribution >= 4 is 17.8 Å². The quantitative estimate of drug-likeness (QED) is 0.312. The number of rotatable bonds is 11. The molecule has 4 amide bonds. The first-order valence-electron chi connectivity index (χ1n) is 15.3. The van der Waals surface area contributed by atoms with Crippen LogP contribution in [0.1, 0.15) is 76.7 Å². The molecule has 0 radical (unpaired) electrons. The van der Waals surface area contributed by atoms with Gasteiger partial charge in [0, 0.05) is 51.0 Å². The number of hydroxylamine groups is 2. The molecule has 4 rings (SSSR count). The van der Waals surface area contributed by atoms with Crippen LogP contribution in [0.15, 0.2) is 30.3 Å². The Kier molecular flexibility index (Phi) is 11.4. The lowest BCUT2D eigenvalue weighted by Crippen LogP contribution is -2.48. The Labute approximate surface area is 239 Å². The fourth-order valence-electron chi connectivity index (χ4n) is 6.80. The number of nitrogens with zero attached hydrogens (tertiary/aromatic N) is 3. The Bertz CT molecular complexity index is 964. The molecule has 1 saturated heterocycles. The monoisotopic (exact) mass is 556 g/mol. The van der Waals surface area contributed by atoms with Crippen molar-refractivity contribution in [3.05, 3.63) is 35.9 Å². The molecule has 3 fully saturated rings. The summed E-state index contributed by atoms with van der Waals surface area (Å²) < 4.78 is 5.48. The highest BCUT2D eigenvalue weighted by atomic mass is 16.5. The Balaban J connectivity index is 1.28.